The fourth-order valence-electron chi connectivity index (χ4n) is 1.71. The highest BCUT2D eigenvalue weighted by Crippen LogP contribution is 2.35. The summed E-state index contributed by atoms with van der Waals surface area (Å²) >= 11 is 0. The van der Waals surface area contributed by atoms with Crippen LogP contribution in [0.3, 0.4) is 0 Å². The Labute approximate surface area is 101 Å². The van der Waals surface area contributed by atoms with Crippen molar-refractivity contribution < 1.29 is 20.1 Å². The van der Waals surface area contributed by atoms with E-state index in [1.165, 1.54) is 7.11 Å². The molecule has 0 aliphatic rings. The molecule has 0 aliphatic heterocycles. The van der Waals surface area contributed by atoms with Gasteiger partial charge in [0, 0.05) is 12.2 Å². The minimum absolute atomic E-state index is 0.0254. The lowest BCUT2D eigenvalue weighted by molar-refractivity contribution is 0.220. The van der Waals surface area contributed by atoms with E-state index in [9.17, 15) is 10.2 Å². The molecule has 0 aromatic heterocycles. The summed E-state index contributed by atoms with van der Waals surface area (Å²) in [7, 11) is 1.47. The second kappa shape index (κ2) is 5.89. The van der Waals surface area contributed by atoms with Crippen LogP contribution in [-0.4, -0.2) is 29.0 Å². The van der Waals surface area contributed by atoms with Gasteiger partial charge < -0.3 is 20.1 Å². The molecule has 2 atom stereocenters. The second-order valence-electron chi connectivity index (χ2n) is 4.34. The third-order valence-corrected chi connectivity index (χ3v) is 3.23. The van der Waals surface area contributed by atoms with E-state index in [0.717, 1.165) is 5.56 Å². The van der Waals surface area contributed by atoms with E-state index in [0.29, 0.717) is 11.3 Å². The normalized spacial score (nSPS) is 14.4. The highest BCUT2D eigenvalue weighted by atomic mass is 16.5. The maximum Gasteiger partial charge on any atom is 0.163 e. The first kappa shape index (κ1) is 13.8. The summed E-state index contributed by atoms with van der Waals surface area (Å²) in [6.45, 7) is 3.80. The van der Waals surface area contributed by atoms with Crippen molar-refractivity contribution in [3.05, 3.63) is 23.3 Å². The van der Waals surface area contributed by atoms with Gasteiger partial charge in [0.25, 0.3) is 0 Å². The van der Waals surface area contributed by atoms with Crippen molar-refractivity contribution in [2.45, 2.75) is 26.4 Å². The van der Waals surface area contributed by atoms with Gasteiger partial charge in [0.05, 0.1) is 13.7 Å². The summed E-state index contributed by atoms with van der Waals surface area (Å²) in [6, 6.07) is 3.49. The van der Waals surface area contributed by atoms with Crippen LogP contribution in [0, 0.1) is 5.92 Å². The largest absolute Gasteiger partial charge is 0.504 e. The van der Waals surface area contributed by atoms with E-state index < -0.39 is 0 Å². The molecule has 0 radical (unpaired) electrons. The first-order chi connectivity index (χ1) is 8.04. The van der Waals surface area contributed by atoms with Crippen LogP contribution in [0.5, 0.6) is 11.5 Å². The molecule has 4 heteroatoms. The topological polar surface area (TPSA) is 69.9 Å². The van der Waals surface area contributed by atoms with Crippen LogP contribution in [0.2, 0.25) is 0 Å². The van der Waals surface area contributed by atoms with E-state index in [1.807, 2.05) is 13.8 Å². The molecule has 0 aliphatic carbocycles. The molecule has 1 rings (SSSR count). The Bertz CT molecular complexity index is 351. The minimum Gasteiger partial charge on any atom is -0.504 e. The zero-order valence-corrected chi connectivity index (χ0v) is 10.5. The molecule has 0 heterocycles. The quantitative estimate of drug-likeness (QED) is 0.731. The Morgan fingerprint density at radius 2 is 1.88 bits per heavy atom. The van der Waals surface area contributed by atoms with E-state index in [4.69, 9.17) is 9.84 Å². The molecule has 3 N–H and O–H groups in total. The lowest BCUT2D eigenvalue weighted by Gasteiger charge is -2.20. The maximum absolute atomic E-state index is 9.76. The van der Waals surface area contributed by atoms with Crippen molar-refractivity contribution in [3.63, 3.8) is 0 Å². The predicted octanol–water partition coefficient (Wildman–Crippen LogP) is 1.62. The van der Waals surface area contributed by atoms with Gasteiger partial charge in [-0.25, -0.2) is 0 Å². The molecule has 0 saturated carbocycles. The number of aliphatic hydroxyl groups is 2. The molecule has 0 bridgehead atoms. The van der Waals surface area contributed by atoms with E-state index in [2.05, 4.69) is 0 Å². The van der Waals surface area contributed by atoms with Crippen molar-refractivity contribution in [2.24, 2.45) is 5.92 Å². The number of rotatable bonds is 5. The number of aromatic hydroxyl groups is 1. The van der Waals surface area contributed by atoms with Crippen LogP contribution >= 0.6 is 0 Å². The van der Waals surface area contributed by atoms with Crippen molar-refractivity contribution in [1.82, 2.24) is 0 Å². The average Bonchev–Trinajstić information content (AvgIpc) is 2.37. The first-order valence-corrected chi connectivity index (χ1v) is 5.66. The molecule has 0 spiro atoms. The Kier molecular flexibility index (Phi) is 4.78. The minimum atomic E-state index is -0.240. The zero-order chi connectivity index (χ0) is 13.0. The number of methoxy groups -OCH3 is 1. The number of hydrogen-bond donors (Lipinski definition) is 3. The van der Waals surface area contributed by atoms with Crippen LogP contribution in [0.1, 0.15) is 30.9 Å². The van der Waals surface area contributed by atoms with Crippen molar-refractivity contribution in [3.8, 4) is 11.5 Å². The average molecular weight is 240 g/mol. The molecule has 4 nitrogen and oxygen atoms in total. The van der Waals surface area contributed by atoms with Gasteiger partial charge in [0.2, 0.25) is 0 Å². The Hall–Kier alpha value is -1.26. The summed E-state index contributed by atoms with van der Waals surface area (Å²) in [6.07, 6.45) is 0. The highest BCUT2D eigenvalue weighted by molar-refractivity contribution is 5.49. The molecule has 0 saturated heterocycles. The van der Waals surface area contributed by atoms with Gasteiger partial charge in [-0.3, -0.25) is 0 Å². The summed E-state index contributed by atoms with van der Waals surface area (Å²) < 4.78 is 5.07. The monoisotopic (exact) mass is 240 g/mol. The molecule has 0 fully saturated rings. The lowest BCUT2D eigenvalue weighted by atomic mass is 9.88. The Morgan fingerprint density at radius 1 is 1.24 bits per heavy atom. The van der Waals surface area contributed by atoms with Crippen LogP contribution in [0.4, 0.5) is 0 Å². The van der Waals surface area contributed by atoms with E-state index in [1.54, 1.807) is 12.1 Å². The van der Waals surface area contributed by atoms with Crippen molar-refractivity contribution >= 4 is 0 Å². The Morgan fingerprint density at radius 3 is 2.35 bits per heavy atom. The molecule has 0 amide bonds. The van der Waals surface area contributed by atoms with E-state index in [-0.39, 0.29) is 30.8 Å². The zero-order valence-electron chi connectivity index (χ0n) is 10.5. The predicted molar refractivity (Wildman–Crippen MR) is 65.2 cm³/mol. The summed E-state index contributed by atoms with van der Waals surface area (Å²) in [5.74, 6) is 0.557. The third kappa shape index (κ3) is 2.90. The number of aliphatic hydroxyl groups excluding tert-OH is 2. The van der Waals surface area contributed by atoms with Gasteiger partial charge >= 0.3 is 0 Å². The highest BCUT2D eigenvalue weighted by Gasteiger charge is 2.17. The second-order valence-corrected chi connectivity index (χ2v) is 4.34. The fourth-order valence-corrected chi connectivity index (χ4v) is 1.71. The SMILES string of the molecule is COc1cc(C(C)C(C)CO)cc(CO)c1O. The van der Waals surface area contributed by atoms with Crippen molar-refractivity contribution in [2.75, 3.05) is 13.7 Å². The Balaban J connectivity index is 3.17. The molecule has 1 aromatic rings. The van der Waals surface area contributed by atoms with Gasteiger partial charge in [-0.15, -0.1) is 0 Å². The summed E-state index contributed by atoms with van der Waals surface area (Å²) in [5.41, 5.74) is 1.38. The fraction of sp³-hybridized carbons (Fsp3) is 0.538. The molecule has 2 unspecified atom stereocenters. The number of benzene rings is 1. The van der Waals surface area contributed by atoms with Gasteiger partial charge in [-0.05, 0) is 29.5 Å². The van der Waals surface area contributed by atoms with Gasteiger partial charge in [-0.1, -0.05) is 13.8 Å². The van der Waals surface area contributed by atoms with Gasteiger partial charge in [0.1, 0.15) is 0 Å². The number of phenols is 1. The molecule has 17 heavy (non-hydrogen) atoms. The molecular weight excluding hydrogens is 220 g/mol. The standard InChI is InChI=1S/C13H20O4/c1-8(6-14)9(2)10-4-11(7-15)13(16)12(5-10)17-3/h4-5,8-9,14-16H,6-7H2,1-3H3. The number of hydrogen-bond acceptors (Lipinski definition) is 4. The van der Waals surface area contributed by atoms with Crippen LogP contribution in [0.25, 0.3) is 0 Å². The molecular formula is C13H20O4. The number of ether oxygens (including phenoxy) is 1. The van der Waals surface area contributed by atoms with Gasteiger partial charge in [-0.2, -0.15) is 0 Å². The summed E-state index contributed by atoms with van der Waals surface area (Å²) in [5, 5.41) is 28.1. The third-order valence-electron chi connectivity index (χ3n) is 3.23. The van der Waals surface area contributed by atoms with Crippen LogP contribution in [0.15, 0.2) is 12.1 Å². The molecule has 96 valence electrons. The summed E-state index contributed by atoms with van der Waals surface area (Å²) in [4.78, 5) is 0. The van der Waals surface area contributed by atoms with E-state index >= 15 is 0 Å². The van der Waals surface area contributed by atoms with Crippen LogP contribution in [-0.2, 0) is 6.61 Å². The first-order valence-electron chi connectivity index (χ1n) is 5.66. The smallest absolute Gasteiger partial charge is 0.163 e. The van der Waals surface area contributed by atoms with Crippen molar-refractivity contribution in [1.29, 1.82) is 0 Å². The molecule has 1 aromatic carbocycles. The lowest BCUT2D eigenvalue weighted by Crippen LogP contribution is -2.11. The maximum atomic E-state index is 9.76. The van der Waals surface area contributed by atoms with Gasteiger partial charge in [0.15, 0.2) is 11.5 Å². The van der Waals surface area contributed by atoms with Crippen LogP contribution < -0.4 is 4.74 Å².